The second-order valence-corrected chi connectivity index (χ2v) is 4.93. The molecule has 2 aromatic rings. The molecule has 0 saturated carbocycles. The first kappa shape index (κ1) is 9.93. The molecule has 16 heavy (non-hydrogen) atoms. The van der Waals surface area contributed by atoms with Gasteiger partial charge in [0.2, 0.25) is 0 Å². The van der Waals surface area contributed by atoms with Crippen molar-refractivity contribution in [1.82, 2.24) is 5.32 Å². The first-order valence-electron chi connectivity index (χ1n) is 5.22. The molecular weight excluding hydrogens is 222 g/mol. The molecule has 4 heteroatoms. The summed E-state index contributed by atoms with van der Waals surface area (Å²) in [6, 6.07) is 8.95. The highest BCUT2D eigenvalue weighted by molar-refractivity contribution is 7.99. The van der Waals surface area contributed by atoms with E-state index in [1.165, 1.54) is 0 Å². The molecule has 0 amide bonds. The fraction of sp³-hybridized carbons (Fsp3) is 0.250. The van der Waals surface area contributed by atoms with E-state index in [0.29, 0.717) is 11.0 Å². The van der Waals surface area contributed by atoms with Gasteiger partial charge in [-0.1, -0.05) is 12.1 Å². The van der Waals surface area contributed by atoms with E-state index in [9.17, 15) is 4.79 Å². The molecule has 1 aromatic heterocycles. The van der Waals surface area contributed by atoms with Gasteiger partial charge in [0.25, 0.3) is 0 Å². The topological polar surface area (TPSA) is 42.2 Å². The van der Waals surface area contributed by atoms with E-state index in [0.717, 1.165) is 18.1 Å². The van der Waals surface area contributed by atoms with E-state index in [4.69, 9.17) is 4.42 Å². The Balaban J connectivity index is 2.17. The first-order chi connectivity index (χ1) is 7.84. The standard InChI is InChI=1S/C12H11NO2S/c14-9-7-11(12-13-5-6-16-12)15-10-4-2-1-3-8(9)10/h1-4,7,12-13H,5-6H2. The lowest BCUT2D eigenvalue weighted by molar-refractivity contribution is 0.510. The quantitative estimate of drug-likeness (QED) is 0.819. The number of fused-ring (bicyclic) bond motifs is 1. The molecule has 0 aliphatic carbocycles. The van der Waals surface area contributed by atoms with Crippen LogP contribution in [0.5, 0.6) is 0 Å². The molecule has 0 radical (unpaired) electrons. The van der Waals surface area contributed by atoms with E-state index < -0.39 is 0 Å². The number of thioether (sulfide) groups is 1. The molecule has 0 bridgehead atoms. The third-order valence-electron chi connectivity index (χ3n) is 2.63. The van der Waals surface area contributed by atoms with E-state index in [2.05, 4.69) is 5.32 Å². The lowest BCUT2D eigenvalue weighted by atomic mass is 10.2. The SMILES string of the molecule is O=c1cc(C2NCCS2)oc2ccccc12. The van der Waals surface area contributed by atoms with Crippen molar-refractivity contribution in [1.29, 1.82) is 0 Å². The van der Waals surface area contributed by atoms with Crippen LogP contribution in [0.2, 0.25) is 0 Å². The third kappa shape index (κ3) is 1.64. The minimum atomic E-state index is 0.0335. The molecular formula is C12H11NO2S. The highest BCUT2D eigenvalue weighted by Crippen LogP contribution is 2.30. The van der Waals surface area contributed by atoms with Crippen LogP contribution in [0.25, 0.3) is 11.0 Å². The summed E-state index contributed by atoms with van der Waals surface area (Å²) in [5.74, 6) is 1.78. The van der Waals surface area contributed by atoms with Gasteiger partial charge in [-0.15, -0.1) is 11.8 Å². The van der Waals surface area contributed by atoms with E-state index in [-0.39, 0.29) is 10.8 Å². The van der Waals surface area contributed by atoms with Crippen molar-refractivity contribution in [3.8, 4) is 0 Å². The number of hydrogen-bond donors (Lipinski definition) is 1. The van der Waals surface area contributed by atoms with Crippen LogP contribution >= 0.6 is 11.8 Å². The van der Waals surface area contributed by atoms with Crippen molar-refractivity contribution in [3.63, 3.8) is 0 Å². The van der Waals surface area contributed by atoms with Crippen molar-refractivity contribution in [2.24, 2.45) is 0 Å². The van der Waals surface area contributed by atoms with Crippen molar-refractivity contribution >= 4 is 22.7 Å². The zero-order valence-corrected chi connectivity index (χ0v) is 9.42. The zero-order chi connectivity index (χ0) is 11.0. The zero-order valence-electron chi connectivity index (χ0n) is 8.60. The fourth-order valence-corrected chi connectivity index (χ4v) is 2.85. The summed E-state index contributed by atoms with van der Waals surface area (Å²) in [6.45, 7) is 0.964. The van der Waals surface area contributed by atoms with Gasteiger partial charge in [-0.25, -0.2) is 0 Å². The lowest BCUT2D eigenvalue weighted by Gasteiger charge is -2.08. The molecule has 3 nitrogen and oxygen atoms in total. The van der Waals surface area contributed by atoms with Crippen molar-refractivity contribution in [3.05, 3.63) is 46.3 Å². The summed E-state index contributed by atoms with van der Waals surface area (Å²) in [5, 5.41) is 4.07. The number of benzene rings is 1. The summed E-state index contributed by atoms with van der Waals surface area (Å²) in [7, 11) is 0. The molecule has 1 aromatic carbocycles. The number of rotatable bonds is 1. The van der Waals surface area contributed by atoms with Gasteiger partial charge < -0.3 is 4.42 Å². The van der Waals surface area contributed by atoms with E-state index >= 15 is 0 Å². The van der Waals surface area contributed by atoms with Gasteiger partial charge in [-0.2, -0.15) is 0 Å². The second kappa shape index (κ2) is 3.96. The summed E-state index contributed by atoms with van der Waals surface area (Å²) in [4.78, 5) is 11.9. The molecule has 1 unspecified atom stereocenters. The molecule has 1 fully saturated rings. The Morgan fingerprint density at radius 1 is 1.38 bits per heavy atom. The van der Waals surface area contributed by atoms with Crippen molar-refractivity contribution < 1.29 is 4.42 Å². The first-order valence-corrected chi connectivity index (χ1v) is 6.27. The molecule has 1 atom stereocenters. The molecule has 1 saturated heterocycles. The molecule has 3 rings (SSSR count). The Morgan fingerprint density at radius 2 is 2.25 bits per heavy atom. The molecule has 2 heterocycles. The van der Waals surface area contributed by atoms with Crippen LogP contribution < -0.4 is 10.7 Å². The molecule has 0 spiro atoms. The second-order valence-electron chi connectivity index (χ2n) is 3.71. The maximum absolute atomic E-state index is 11.9. The van der Waals surface area contributed by atoms with Crippen LogP contribution in [0.4, 0.5) is 0 Å². The molecule has 1 aliphatic rings. The number of para-hydroxylation sites is 1. The molecule has 1 aliphatic heterocycles. The van der Waals surface area contributed by atoms with Crippen LogP contribution in [0, 0.1) is 0 Å². The summed E-state index contributed by atoms with van der Waals surface area (Å²) < 4.78 is 5.74. The van der Waals surface area contributed by atoms with Gasteiger partial charge in [0, 0.05) is 18.4 Å². The van der Waals surface area contributed by atoms with Crippen molar-refractivity contribution in [2.75, 3.05) is 12.3 Å². The highest BCUT2D eigenvalue weighted by atomic mass is 32.2. The monoisotopic (exact) mass is 233 g/mol. The largest absolute Gasteiger partial charge is 0.458 e. The van der Waals surface area contributed by atoms with Gasteiger partial charge in [0.15, 0.2) is 5.43 Å². The third-order valence-corrected chi connectivity index (χ3v) is 3.80. The summed E-state index contributed by atoms with van der Waals surface area (Å²) in [6.07, 6.45) is 0. The average Bonchev–Trinajstić information content (AvgIpc) is 2.82. The lowest BCUT2D eigenvalue weighted by Crippen LogP contribution is -2.14. The average molecular weight is 233 g/mol. The summed E-state index contributed by atoms with van der Waals surface area (Å²) >= 11 is 1.77. The Bertz CT molecular complexity index is 572. The van der Waals surface area contributed by atoms with Crippen LogP contribution in [0.1, 0.15) is 11.1 Å². The van der Waals surface area contributed by atoms with Gasteiger partial charge in [-0.05, 0) is 12.1 Å². The predicted molar refractivity (Wildman–Crippen MR) is 65.7 cm³/mol. The highest BCUT2D eigenvalue weighted by Gasteiger charge is 2.20. The fourth-order valence-electron chi connectivity index (χ4n) is 1.86. The predicted octanol–water partition coefficient (Wildman–Crippen LogP) is 2.13. The Kier molecular flexibility index (Phi) is 2.46. The maximum atomic E-state index is 11.9. The van der Waals surface area contributed by atoms with Crippen LogP contribution in [-0.2, 0) is 0 Å². The number of nitrogens with one attached hydrogen (secondary N) is 1. The molecule has 1 N–H and O–H groups in total. The van der Waals surface area contributed by atoms with Gasteiger partial charge in [0.05, 0.1) is 5.39 Å². The Morgan fingerprint density at radius 3 is 3.06 bits per heavy atom. The Labute approximate surface area is 96.8 Å². The smallest absolute Gasteiger partial charge is 0.193 e. The van der Waals surface area contributed by atoms with Crippen LogP contribution in [0.3, 0.4) is 0 Å². The van der Waals surface area contributed by atoms with E-state index in [1.54, 1.807) is 23.9 Å². The van der Waals surface area contributed by atoms with Gasteiger partial charge >= 0.3 is 0 Å². The van der Waals surface area contributed by atoms with Gasteiger partial charge in [0.1, 0.15) is 16.7 Å². The van der Waals surface area contributed by atoms with Gasteiger partial charge in [-0.3, -0.25) is 10.1 Å². The van der Waals surface area contributed by atoms with Crippen LogP contribution in [0.15, 0.2) is 39.5 Å². The minimum Gasteiger partial charge on any atom is -0.458 e. The minimum absolute atomic E-state index is 0.0335. The Hall–Kier alpha value is -1.26. The van der Waals surface area contributed by atoms with Crippen LogP contribution in [-0.4, -0.2) is 12.3 Å². The normalized spacial score (nSPS) is 20.4. The van der Waals surface area contributed by atoms with Crippen molar-refractivity contribution in [2.45, 2.75) is 5.37 Å². The molecule has 82 valence electrons. The van der Waals surface area contributed by atoms with E-state index in [1.807, 2.05) is 18.2 Å². The summed E-state index contributed by atoms with van der Waals surface area (Å²) in [5.41, 5.74) is 0.699. The maximum Gasteiger partial charge on any atom is 0.193 e. The number of hydrogen-bond acceptors (Lipinski definition) is 4.